The number of nitrogens with zero attached hydrogens (tertiary/aromatic N) is 7. The predicted octanol–water partition coefficient (Wildman–Crippen LogP) is 3.06. The van der Waals surface area contributed by atoms with Gasteiger partial charge in [0.15, 0.2) is 11.6 Å². The van der Waals surface area contributed by atoms with Crippen molar-refractivity contribution in [2.45, 2.75) is 12.8 Å². The molecule has 0 aromatic carbocycles. The van der Waals surface area contributed by atoms with Crippen molar-refractivity contribution in [3.05, 3.63) is 43.0 Å². The first-order valence-electron chi connectivity index (χ1n) is 12.5. The number of anilines is 2. The molecule has 1 aliphatic heterocycles. The number of fused-ring (bicyclic) bond motifs is 2. The Balaban J connectivity index is 1.24. The molecule has 7 rings (SSSR count). The molecule has 0 bridgehead atoms. The molecule has 3 N–H and O–H groups in total. The molecule has 37 heavy (non-hydrogen) atoms. The minimum Gasteiger partial charge on any atom is -0.352 e. The van der Waals surface area contributed by atoms with E-state index in [0.717, 1.165) is 78.0 Å². The molecular formula is C26H26N10O. The van der Waals surface area contributed by atoms with Crippen molar-refractivity contribution < 1.29 is 4.79 Å². The summed E-state index contributed by atoms with van der Waals surface area (Å²) < 4.78 is 0. The van der Waals surface area contributed by atoms with Crippen LogP contribution in [0.1, 0.15) is 12.8 Å². The van der Waals surface area contributed by atoms with Crippen LogP contribution >= 0.6 is 0 Å². The smallest absolute Gasteiger partial charge is 0.227 e. The quantitative estimate of drug-likeness (QED) is 0.340. The van der Waals surface area contributed by atoms with Crippen LogP contribution in [0.4, 0.5) is 11.5 Å². The summed E-state index contributed by atoms with van der Waals surface area (Å²) in [4.78, 5) is 38.7. The van der Waals surface area contributed by atoms with Crippen molar-refractivity contribution in [3.8, 4) is 22.8 Å². The lowest BCUT2D eigenvalue weighted by atomic mass is 10.1. The third-order valence-corrected chi connectivity index (χ3v) is 7.11. The third kappa shape index (κ3) is 4.06. The second-order valence-corrected chi connectivity index (χ2v) is 9.82. The number of amides is 1. The standard InChI is InChI=1S/C26H26N10O/c1-35-6-8-36(9-7-35)25-23-19(4-5-28-25)31-24(32-23)22-18-11-20(29-14-21(18)33-34-22)16-10-17(13-27-12-16)30-26(37)15-2-3-15/h4-5,10-15H,2-3,6-9H2,1H3,(H,30,37)(H,31,32)(H,33,34). The van der Waals surface area contributed by atoms with Gasteiger partial charge in [0.2, 0.25) is 5.91 Å². The number of piperazine rings is 1. The van der Waals surface area contributed by atoms with Crippen molar-refractivity contribution in [1.29, 1.82) is 0 Å². The predicted molar refractivity (Wildman–Crippen MR) is 141 cm³/mol. The molecular weight excluding hydrogens is 468 g/mol. The van der Waals surface area contributed by atoms with E-state index in [2.05, 4.69) is 52.3 Å². The highest BCUT2D eigenvalue weighted by Gasteiger charge is 2.29. The topological polar surface area (TPSA) is 132 Å². The molecule has 0 spiro atoms. The summed E-state index contributed by atoms with van der Waals surface area (Å²) in [6.45, 7) is 3.82. The number of carbonyl (C=O) groups excluding carboxylic acids is 1. The Hall–Kier alpha value is -4.38. The summed E-state index contributed by atoms with van der Waals surface area (Å²) in [5, 5.41) is 11.5. The molecule has 5 aromatic rings. The van der Waals surface area contributed by atoms with E-state index in [9.17, 15) is 4.79 Å². The number of hydrogen-bond acceptors (Lipinski definition) is 8. The van der Waals surface area contributed by atoms with Crippen LogP contribution in [-0.4, -0.2) is 79.2 Å². The number of nitrogens with one attached hydrogen (secondary N) is 3. The molecule has 1 amide bonds. The molecule has 0 unspecified atom stereocenters. The highest BCUT2D eigenvalue weighted by molar-refractivity contribution is 5.97. The maximum atomic E-state index is 12.2. The first-order valence-corrected chi connectivity index (χ1v) is 12.5. The number of likely N-dealkylation sites (N-methyl/N-ethyl adjacent to an activating group) is 1. The molecule has 6 heterocycles. The molecule has 5 aromatic heterocycles. The summed E-state index contributed by atoms with van der Waals surface area (Å²) in [5.74, 6) is 1.74. The maximum absolute atomic E-state index is 12.2. The molecule has 1 aliphatic carbocycles. The van der Waals surface area contributed by atoms with E-state index in [1.165, 1.54) is 0 Å². The lowest BCUT2D eigenvalue weighted by Gasteiger charge is -2.33. The Morgan fingerprint density at radius 2 is 1.92 bits per heavy atom. The van der Waals surface area contributed by atoms with E-state index < -0.39 is 0 Å². The van der Waals surface area contributed by atoms with Gasteiger partial charge in [0, 0.05) is 55.4 Å². The van der Waals surface area contributed by atoms with Crippen LogP contribution in [0.25, 0.3) is 44.7 Å². The first kappa shape index (κ1) is 21.9. The average molecular weight is 495 g/mol. The fourth-order valence-electron chi connectivity index (χ4n) is 4.78. The minimum atomic E-state index is 0.0507. The second kappa shape index (κ2) is 8.63. The van der Waals surface area contributed by atoms with Gasteiger partial charge >= 0.3 is 0 Å². The highest BCUT2D eigenvalue weighted by atomic mass is 16.2. The van der Waals surface area contributed by atoms with Crippen LogP contribution in [0.15, 0.2) is 43.0 Å². The van der Waals surface area contributed by atoms with Crippen molar-refractivity contribution in [3.63, 3.8) is 0 Å². The van der Waals surface area contributed by atoms with Crippen molar-refractivity contribution in [1.82, 2.24) is 40.0 Å². The number of imidazole rings is 1. The highest BCUT2D eigenvalue weighted by Crippen LogP contribution is 2.33. The fourth-order valence-corrected chi connectivity index (χ4v) is 4.78. The van der Waals surface area contributed by atoms with Gasteiger partial charge in [-0.25, -0.2) is 9.97 Å². The van der Waals surface area contributed by atoms with Crippen molar-refractivity contribution >= 4 is 39.3 Å². The van der Waals surface area contributed by atoms with Gasteiger partial charge in [-0.2, -0.15) is 5.10 Å². The average Bonchev–Trinajstić information content (AvgIpc) is 3.55. The van der Waals surface area contributed by atoms with Crippen molar-refractivity contribution in [2.75, 3.05) is 43.4 Å². The zero-order valence-electron chi connectivity index (χ0n) is 20.4. The Morgan fingerprint density at radius 1 is 1.05 bits per heavy atom. The first-order chi connectivity index (χ1) is 18.1. The van der Waals surface area contributed by atoms with Crippen LogP contribution in [0.2, 0.25) is 0 Å². The SMILES string of the molecule is CN1CCN(c2nccc3[nH]c(-c4n[nH]c5cnc(-c6cncc(NC(=O)C7CC7)c6)cc45)nc23)CC1. The fraction of sp³-hybridized carbons (Fsp3) is 0.308. The summed E-state index contributed by atoms with van der Waals surface area (Å²) in [6, 6.07) is 5.82. The van der Waals surface area contributed by atoms with Gasteiger partial charge in [0.05, 0.1) is 34.8 Å². The van der Waals surface area contributed by atoms with E-state index in [1.54, 1.807) is 18.6 Å². The molecule has 186 valence electrons. The number of aromatic amines is 2. The summed E-state index contributed by atoms with van der Waals surface area (Å²) in [6.07, 6.45) is 8.90. The molecule has 2 aliphatic rings. The summed E-state index contributed by atoms with van der Waals surface area (Å²) >= 11 is 0. The zero-order valence-corrected chi connectivity index (χ0v) is 20.4. The van der Waals surface area contributed by atoms with Gasteiger partial charge in [0.1, 0.15) is 11.2 Å². The van der Waals surface area contributed by atoms with Gasteiger partial charge in [-0.05, 0) is 38.1 Å². The number of aromatic nitrogens is 7. The number of rotatable bonds is 5. The summed E-state index contributed by atoms with van der Waals surface area (Å²) in [7, 11) is 2.14. The van der Waals surface area contributed by atoms with Gasteiger partial charge in [0.25, 0.3) is 0 Å². The van der Waals surface area contributed by atoms with E-state index in [-0.39, 0.29) is 11.8 Å². The molecule has 11 nitrogen and oxygen atoms in total. The van der Waals surface area contributed by atoms with Crippen LogP contribution < -0.4 is 10.2 Å². The van der Waals surface area contributed by atoms with Crippen LogP contribution in [0.3, 0.4) is 0 Å². The number of hydrogen-bond donors (Lipinski definition) is 3. The van der Waals surface area contributed by atoms with E-state index in [4.69, 9.17) is 4.98 Å². The Labute approximate surface area is 212 Å². The van der Waals surface area contributed by atoms with Gasteiger partial charge in [-0.15, -0.1) is 0 Å². The molecule has 1 saturated carbocycles. The lowest BCUT2D eigenvalue weighted by molar-refractivity contribution is -0.117. The zero-order chi connectivity index (χ0) is 24.9. The molecule has 0 radical (unpaired) electrons. The molecule has 1 saturated heterocycles. The molecule has 11 heteroatoms. The number of H-pyrrole nitrogens is 2. The summed E-state index contributed by atoms with van der Waals surface area (Å²) in [5.41, 5.74) is 5.51. The van der Waals surface area contributed by atoms with Gasteiger partial charge in [-0.3, -0.25) is 19.9 Å². The number of pyridine rings is 3. The van der Waals surface area contributed by atoms with Gasteiger partial charge in [-0.1, -0.05) is 0 Å². The number of carbonyl (C=O) groups is 1. The van der Waals surface area contributed by atoms with Crippen LogP contribution in [0.5, 0.6) is 0 Å². The largest absolute Gasteiger partial charge is 0.352 e. The van der Waals surface area contributed by atoms with Crippen molar-refractivity contribution in [2.24, 2.45) is 5.92 Å². The lowest BCUT2D eigenvalue weighted by Crippen LogP contribution is -2.44. The maximum Gasteiger partial charge on any atom is 0.227 e. The monoisotopic (exact) mass is 494 g/mol. The van der Waals surface area contributed by atoms with E-state index in [1.807, 2.05) is 24.4 Å². The Kier molecular flexibility index (Phi) is 5.10. The third-order valence-electron chi connectivity index (χ3n) is 7.11. The van der Waals surface area contributed by atoms with Gasteiger partial charge < -0.3 is 20.1 Å². The normalized spacial score (nSPS) is 16.5. The van der Waals surface area contributed by atoms with E-state index >= 15 is 0 Å². The molecule has 2 fully saturated rings. The van der Waals surface area contributed by atoms with Crippen LogP contribution in [-0.2, 0) is 4.79 Å². The van der Waals surface area contributed by atoms with E-state index in [0.29, 0.717) is 17.2 Å². The Bertz CT molecular complexity index is 1630. The van der Waals surface area contributed by atoms with Crippen LogP contribution in [0, 0.1) is 5.92 Å². The molecule has 0 atom stereocenters. The second-order valence-electron chi connectivity index (χ2n) is 9.82. The Morgan fingerprint density at radius 3 is 2.76 bits per heavy atom. The minimum absolute atomic E-state index is 0.0507.